The van der Waals surface area contributed by atoms with Gasteiger partial charge in [-0.1, -0.05) is 24.3 Å². The second kappa shape index (κ2) is 5.09. The van der Waals surface area contributed by atoms with E-state index in [0.29, 0.717) is 24.4 Å². The molecule has 0 amide bonds. The molecule has 1 atom stereocenters. The number of rotatable bonds is 3. The molecule has 0 radical (unpaired) electrons. The predicted molar refractivity (Wildman–Crippen MR) is 75.4 cm³/mol. The summed E-state index contributed by atoms with van der Waals surface area (Å²) >= 11 is 0. The minimum atomic E-state index is -0.188. The Morgan fingerprint density at radius 2 is 2.30 bits per heavy atom. The Kier molecular flexibility index (Phi) is 3.28. The van der Waals surface area contributed by atoms with Gasteiger partial charge >= 0.3 is 0 Å². The Morgan fingerprint density at radius 3 is 3.05 bits per heavy atom. The van der Waals surface area contributed by atoms with Crippen LogP contribution in [0.1, 0.15) is 34.0 Å². The molecule has 0 spiro atoms. The van der Waals surface area contributed by atoms with Crippen LogP contribution in [-0.2, 0) is 18.2 Å². The largest absolute Gasteiger partial charge is 0.383 e. The summed E-state index contributed by atoms with van der Waals surface area (Å²) in [5.74, 6) is 0.372. The number of carbonyl (C=O) groups is 1. The molecule has 104 valence electrons. The molecule has 2 heterocycles. The molecule has 0 saturated heterocycles. The van der Waals surface area contributed by atoms with Crippen molar-refractivity contribution in [1.29, 1.82) is 0 Å². The van der Waals surface area contributed by atoms with Crippen molar-refractivity contribution in [3.63, 3.8) is 0 Å². The fraction of sp³-hybridized carbons (Fsp3) is 0.333. The first kappa shape index (κ1) is 12.9. The van der Waals surface area contributed by atoms with E-state index in [-0.39, 0.29) is 11.9 Å². The maximum Gasteiger partial charge on any atom is 0.171 e. The predicted octanol–water partition coefficient (Wildman–Crippen LogP) is 1.89. The number of ketones is 1. The van der Waals surface area contributed by atoms with Gasteiger partial charge in [0.15, 0.2) is 5.78 Å². The molecule has 0 fully saturated rings. The third-order valence-corrected chi connectivity index (χ3v) is 3.75. The van der Waals surface area contributed by atoms with E-state index in [2.05, 4.69) is 11.2 Å². The number of nitrogens with zero attached hydrogens (tertiary/aromatic N) is 2. The number of hydrogen-bond donors (Lipinski definition) is 1. The molecule has 3 rings (SSSR count). The number of aryl methyl sites for hydroxylation is 1. The first-order valence-electron chi connectivity index (χ1n) is 6.67. The highest BCUT2D eigenvalue weighted by Crippen LogP contribution is 2.31. The van der Waals surface area contributed by atoms with Gasteiger partial charge in [-0.05, 0) is 17.5 Å². The van der Waals surface area contributed by atoms with Crippen molar-refractivity contribution in [2.24, 2.45) is 7.05 Å². The van der Waals surface area contributed by atoms with Crippen LogP contribution >= 0.6 is 0 Å². The number of benzene rings is 1. The van der Waals surface area contributed by atoms with Gasteiger partial charge in [-0.3, -0.25) is 9.48 Å². The Labute approximate surface area is 117 Å². The van der Waals surface area contributed by atoms with Gasteiger partial charge in [-0.15, -0.1) is 0 Å². The number of ether oxygens (including phenoxy) is 1. The molecular weight excluding hydrogens is 254 g/mol. The van der Waals surface area contributed by atoms with Crippen LogP contribution in [-0.4, -0.2) is 22.2 Å². The molecule has 2 N–H and O–H groups in total. The molecule has 1 aliphatic rings. The Balaban J connectivity index is 1.82. The van der Waals surface area contributed by atoms with E-state index in [0.717, 1.165) is 12.0 Å². The lowest BCUT2D eigenvalue weighted by molar-refractivity contribution is 0.0352. The van der Waals surface area contributed by atoms with Gasteiger partial charge in [0.2, 0.25) is 0 Å². The molecule has 2 aromatic rings. The number of carbonyl (C=O) groups excluding carboxylic acids is 1. The zero-order valence-corrected chi connectivity index (χ0v) is 11.4. The van der Waals surface area contributed by atoms with Gasteiger partial charge in [0.1, 0.15) is 5.82 Å². The lowest BCUT2D eigenvalue weighted by Crippen LogP contribution is -2.19. The average Bonchev–Trinajstić information content (AvgIpc) is 2.79. The van der Waals surface area contributed by atoms with E-state index in [4.69, 9.17) is 10.5 Å². The van der Waals surface area contributed by atoms with E-state index in [1.54, 1.807) is 7.05 Å². The van der Waals surface area contributed by atoms with E-state index in [9.17, 15) is 4.79 Å². The second-order valence-corrected chi connectivity index (χ2v) is 5.00. The van der Waals surface area contributed by atoms with E-state index in [1.807, 2.05) is 18.2 Å². The molecule has 1 aliphatic heterocycles. The first-order valence-corrected chi connectivity index (χ1v) is 6.67. The summed E-state index contributed by atoms with van der Waals surface area (Å²) in [7, 11) is 1.72. The highest BCUT2D eigenvalue weighted by Gasteiger charge is 2.25. The van der Waals surface area contributed by atoms with Crippen LogP contribution in [0.2, 0.25) is 0 Å². The lowest BCUT2D eigenvalue weighted by Gasteiger charge is -2.25. The Morgan fingerprint density at radius 1 is 1.50 bits per heavy atom. The van der Waals surface area contributed by atoms with Crippen LogP contribution in [0.3, 0.4) is 0 Å². The van der Waals surface area contributed by atoms with Crippen molar-refractivity contribution in [2.45, 2.75) is 18.9 Å². The summed E-state index contributed by atoms with van der Waals surface area (Å²) in [6.45, 7) is 0.650. The lowest BCUT2D eigenvalue weighted by atomic mass is 9.93. The topological polar surface area (TPSA) is 70.1 Å². The second-order valence-electron chi connectivity index (χ2n) is 5.00. The molecule has 0 bridgehead atoms. The zero-order chi connectivity index (χ0) is 14.1. The minimum absolute atomic E-state index is 0.0303. The van der Waals surface area contributed by atoms with Crippen molar-refractivity contribution in [1.82, 2.24) is 9.78 Å². The molecule has 1 aromatic heterocycles. The standard InChI is InChI=1S/C15H17N3O2/c1-18-15(16)12(9-17-18)13(19)8-14-11-5-3-2-4-10(11)6-7-20-14/h2-5,9,14H,6-8,16H2,1H3. The number of hydrogen-bond acceptors (Lipinski definition) is 4. The van der Waals surface area contributed by atoms with Gasteiger partial charge in [0.25, 0.3) is 0 Å². The van der Waals surface area contributed by atoms with E-state index in [1.165, 1.54) is 16.4 Å². The molecule has 1 unspecified atom stereocenters. The van der Waals surface area contributed by atoms with Crippen molar-refractivity contribution in [2.75, 3.05) is 12.3 Å². The number of nitrogens with two attached hydrogens (primary N) is 1. The van der Waals surface area contributed by atoms with Crippen LogP contribution in [0.4, 0.5) is 5.82 Å². The Bertz CT molecular complexity index is 648. The summed E-state index contributed by atoms with van der Waals surface area (Å²) in [6.07, 6.45) is 2.53. The summed E-state index contributed by atoms with van der Waals surface area (Å²) in [5, 5.41) is 4.00. The van der Waals surface area contributed by atoms with Crippen LogP contribution in [0.15, 0.2) is 30.5 Å². The van der Waals surface area contributed by atoms with Crippen molar-refractivity contribution >= 4 is 11.6 Å². The molecule has 20 heavy (non-hydrogen) atoms. The summed E-state index contributed by atoms with van der Waals surface area (Å²) in [6, 6.07) is 8.11. The van der Waals surface area contributed by atoms with Gasteiger partial charge < -0.3 is 10.5 Å². The normalized spacial score (nSPS) is 17.8. The van der Waals surface area contributed by atoms with Gasteiger partial charge in [-0.2, -0.15) is 5.10 Å². The maximum absolute atomic E-state index is 12.3. The zero-order valence-electron chi connectivity index (χ0n) is 11.4. The fourth-order valence-corrected chi connectivity index (χ4v) is 2.59. The molecule has 0 saturated carbocycles. The molecular formula is C15H17N3O2. The smallest absolute Gasteiger partial charge is 0.171 e. The first-order chi connectivity index (χ1) is 9.66. The maximum atomic E-state index is 12.3. The number of anilines is 1. The minimum Gasteiger partial charge on any atom is -0.383 e. The van der Waals surface area contributed by atoms with Crippen molar-refractivity contribution in [3.05, 3.63) is 47.2 Å². The SMILES string of the molecule is Cn1ncc(C(=O)CC2OCCc3ccccc32)c1N. The number of Topliss-reactive ketones (excluding diaryl/α,β-unsaturated/α-hetero) is 1. The van der Waals surface area contributed by atoms with Gasteiger partial charge in [0, 0.05) is 13.5 Å². The number of aromatic nitrogens is 2. The summed E-state index contributed by atoms with van der Waals surface area (Å²) in [5.41, 5.74) is 8.68. The van der Waals surface area contributed by atoms with Crippen LogP contribution in [0.25, 0.3) is 0 Å². The van der Waals surface area contributed by atoms with Crippen LogP contribution in [0, 0.1) is 0 Å². The summed E-state index contributed by atoms with van der Waals surface area (Å²) < 4.78 is 7.26. The molecule has 5 nitrogen and oxygen atoms in total. The average molecular weight is 271 g/mol. The van der Waals surface area contributed by atoms with E-state index >= 15 is 0 Å². The van der Waals surface area contributed by atoms with Gasteiger partial charge in [0.05, 0.1) is 24.5 Å². The van der Waals surface area contributed by atoms with Crippen molar-refractivity contribution < 1.29 is 9.53 Å². The van der Waals surface area contributed by atoms with Crippen LogP contribution in [0.5, 0.6) is 0 Å². The Hall–Kier alpha value is -2.14. The fourth-order valence-electron chi connectivity index (χ4n) is 2.59. The quantitative estimate of drug-likeness (QED) is 0.865. The molecule has 5 heteroatoms. The third kappa shape index (κ3) is 2.20. The molecule has 1 aromatic carbocycles. The van der Waals surface area contributed by atoms with E-state index < -0.39 is 0 Å². The number of nitrogen functional groups attached to an aromatic ring is 1. The molecule has 0 aliphatic carbocycles. The summed E-state index contributed by atoms with van der Waals surface area (Å²) in [4.78, 5) is 12.3. The third-order valence-electron chi connectivity index (χ3n) is 3.75. The monoisotopic (exact) mass is 271 g/mol. The number of fused-ring (bicyclic) bond motifs is 1. The van der Waals surface area contributed by atoms with Gasteiger partial charge in [-0.25, -0.2) is 0 Å². The van der Waals surface area contributed by atoms with Crippen LogP contribution < -0.4 is 5.73 Å². The highest BCUT2D eigenvalue weighted by molar-refractivity contribution is 6.00. The van der Waals surface area contributed by atoms with Crippen molar-refractivity contribution in [3.8, 4) is 0 Å². The highest BCUT2D eigenvalue weighted by atomic mass is 16.5.